The summed E-state index contributed by atoms with van der Waals surface area (Å²) in [4.78, 5) is 13.8. The molecule has 0 unspecified atom stereocenters. The molecule has 0 bridgehead atoms. The van der Waals surface area contributed by atoms with Crippen molar-refractivity contribution in [3.05, 3.63) is 42.1 Å². The number of rotatable bonds is 5. The van der Waals surface area contributed by atoms with Gasteiger partial charge in [-0.1, -0.05) is 18.2 Å². The Balaban J connectivity index is 1.47. The molecule has 10 heteroatoms. The highest BCUT2D eigenvalue weighted by Gasteiger charge is 2.39. The van der Waals surface area contributed by atoms with Gasteiger partial charge in [-0.2, -0.15) is 13.2 Å². The summed E-state index contributed by atoms with van der Waals surface area (Å²) in [6, 6.07) is 8.91. The summed E-state index contributed by atoms with van der Waals surface area (Å²) in [6.45, 7) is 1.37. The van der Waals surface area contributed by atoms with Crippen molar-refractivity contribution in [2.75, 3.05) is 26.2 Å². The topological polar surface area (TPSA) is 80.5 Å². The highest BCUT2D eigenvalue weighted by Crippen LogP contribution is 2.31. The Morgan fingerprint density at radius 2 is 2.07 bits per heavy atom. The van der Waals surface area contributed by atoms with E-state index in [0.29, 0.717) is 38.3 Å². The predicted octanol–water partition coefficient (Wildman–Crippen LogP) is 3.06. The fraction of sp³-hybridized carbons (Fsp3) is 0.471. The molecule has 1 saturated heterocycles. The fourth-order valence-electron chi connectivity index (χ4n) is 2.83. The van der Waals surface area contributed by atoms with Crippen LogP contribution in [0.25, 0.3) is 0 Å². The van der Waals surface area contributed by atoms with Crippen molar-refractivity contribution in [2.45, 2.75) is 24.9 Å². The second kappa shape index (κ2) is 8.28. The fourth-order valence-corrected chi connectivity index (χ4v) is 2.83. The minimum Gasteiger partial charge on any atom is -0.492 e. The summed E-state index contributed by atoms with van der Waals surface area (Å²) >= 11 is 0. The van der Waals surface area contributed by atoms with E-state index in [1.165, 1.54) is 4.90 Å². The molecule has 0 saturated carbocycles. The molecule has 2 amide bonds. The molecule has 0 spiro atoms. The monoisotopic (exact) mass is 384 g/mol. The van der Waals surface area contributed by atoms with Crippen LogP contribution in [0.15, 0.2) is 34.7 Å². The molecular weight excluding hydrogens is 365 g/mol. The Labute approximate surface area is 153 Å². The number of ether oxygens (including phenoxy) is 1. The zero-order chi connectivity index (χ0) is 19.3. The number of nitrogens with one attached hydrogen (secondary N) is 1. The van der Waals surface area contributed by atoms with Crippen LogP contribution in [0.2, 0.25) is 0 Å². The number of likely N-dealkylation sites (tertiary alicyclic amines) is 1. The molecule has 27 heavy (non-hydrogen) atoms. The molecule has 146 valence electrons. The van der Waals surface area contributed by atoms with Gasteiger partial charge in [0.2, 0.25) is 5.89 Å². The second-order valence-electron chi connectivity index (χ2n) is 6.12. The van der Waals surface area contributed by atoms with Crippen LogP contribution in [0.4, 0.5) is 18.0 Å². The highest BCUT2D eigenvalue weighted by atomic mass is 19.4. The molecule has 3 rings (SSSR count). The molecule has 1 aromatic carbocycles. The third-order valence-corrected chi connectivity index (χ3v) is 4.13. The molecule has 0 aliphatic carbocycles. The molecule has 1 fully saturated rings. The normalized spacial score (nSPS) is 17.6. The number of halogens is 3. The molecule has 2 aromatic rings. The summed E-state index contributed by atoms with van der Waals surface area (Å²) in [5, 5.41) is 9.28. The number of carbonyl (C=O) groups excluding carboxylic acids is 1. The minimum atomic E-state index is -4.67. The summed E-state index contributed by atoms with van der Waals surface area (Å²) in [5.74, 6) is -1.15. The molecule has 1 aliphatic heterocycles. The van der Waals surface area contributed by atoms with Crippen LogP contribution in [-0.2, 0) is 6.18 Å². The third kappa shape index (κ3) is 5.11. The Kier molecular flexibility index (Phi) is 5.82. The van der Waals surface area contributed by atoms with Gasteiger partial charge in [-0.3, -0.25) is 0 Å². The summed E-state index contributed by atoms with van der Waals surface area (Å²) < 4.78 is 48.0. The second-order valence-corrected chi connectivity index (χ2v) is 6.12. The molecular formula is C17H19F3N4O3. The molecule has 1 aliphatic rings. The Morgan fingerprint density at radius 3 is 2.78 bits per heavy atom. The standard InChI is InChI=1S/C17H19F3N4O3/c18-17(19,20)15-23-22-14(27-15)12-5-4-9-24(11-12)16(25)21-8-10-26-13-6-2-1-3-7-13/h1-3,6-7,12H,4-5,8-11H2,(H,21,25)/t12-/m0/s1. The maximum atomic E-state index is 12.6. The van der Waals surface area contributed by atoms with Gasteiger partial charge >= 0.3 is 18.1 Å². The van der Waals surface area contributed by atoms with Crippen LogP contribution in [0.5, 0.6) is 5.75 Å². The third-order valence-electron chi connectivity index (χ3n) is 4.13. The van der Waals surface area contributed by atoms with Gasteiger partial charge in [-0.15, -0.1) is 10.2 Å². The Morgan fingerprint density at radius 1 is 1.30 bits per heavy atom. The van der Waals surface area contributed by atoms with E-state index < -0.39 is 18.0 Å². The number of aromatic nitrogens is 2. The first kappa shape index (κ1) is 19.0. The Hall–Kier alpha value is -2.78. The van der Waals surface area contributed by atoms with Crippen molar-refractivity contribution in [3.8, 4) is 5.75 Å². The van der Waals surface area contributed by atoms with Crippen molar-refractivity contribution in [1.29, 1.82) is 0 Å². The highest BCUT2D eigenvalue weighted by molar-refractivity contribution is 5.74. The van der Waals surface area contributed by atoms with E-state index in [4.69, 9.17) is 9.15 Å². The number of amides is 2. The predicted molar refractivity (Wildman–Crippen MR) is 88.2 cm³/mol. The lowest BCUT2D eigenvalue weighted by atomic mass is 9.98. The van der Waals surface area contributed by atoms with Crippen molar-refractivity contribution < 1.29 is 27.1 Å². The van der Waals surface area contributed by atoms with Gasteiger partial charge in [0.05, 0.1) is 12.5 Å². The number of carbonyl (C=O) groups is 1. The summed E-state index contributed by atoms with van der Waals surface area (Å²) in [5.41, 5.74) is 0. The lowest BCUT2D eigenvalue weighted by Crippen LogP contribution is -2.46. The maximum Gasteiger partial charge on any atom is 0.470 e. The first-order chi connectivity index (χ1) is 12.9. The van der Waals surface area contributed by atoms with E-state index in [-0.39, 0.29) is 18.5 Å². The van der Waals surface area contributed by atoms with Crippen LogP contribution in [0.3, 0.4) is 0 Å². The van der Waals surface area contributed by atoms with Gasteiger partial charge in [0.1, 0.15) is 12.4 Å². The number of hydrogen-bond donors (Lipinski definition) is 1. The van der Waals surface area contributed by atoms with Crippen molar-refractivity contribution >= 4 is 6.03 Å². The zero-order valence-corrected chi connectivity index (χ0v) is 14.4. The van der Waals surface area contributed by atoms with Crippen molar-refractivity contribution in [1.82, 2.24) is 20.4 Å². The van der Waals surface area contributed by atoms with Gasteiger partial charge in [0.15, 0.2) is 0 Å². The van der Waals surface area contributed by atoms with Crippen LogP contribution in [-0.4, -0.2) is 47.4 Å². The summed E-state index contributed by atoms with van der Waals surface area (Å²) in [7, 11) is 0. The lowest BCUT2D eigenvalue weighted by Gasteiger charge is -2.31. The number of para-hydroxylation sites is 1. The molecule has 7 nitrogen and oxygen atoms in total. The molecule has 1 aromatic heterocycles. The van der Waals surface area contributed by atoms with E-state index in [1.807, 2.05) is 30.3 Å². The number of alkyl halides is 3. The van der Waals surface area contributed by atoms with Gasteiger partial charge in [0, 0.05) is 13.1 Å². The van der Waals surface area contributed by atoms with E-state index in [1.54, 1.807) is 0 Å². The van der Waals surface area contributed by atoms with Crippen LogP contribution in [0, 0.1) is 0 Å². The number of benzene rings is 1. The SMILES string of the molecule is O=C(NCCOc1ccccc1)N1CCC[C@H](c2nnc(C(F)(F)F)o2)C1. The molecule has 2 heterocycles. The van der Waals surface area contributed by atoms with Crippen molar-refractivity contribution in [2.24, 2.45) is 0 Å². The first-order valence-corrected chi connectivity index (χ1v) is 8.54. The molecule has 1 atom stereocenters. The first-order valence-electron chi connectivity index (χ1n) is 8.54. The lowest BCUT2D eigenvalue weighted by molar-refractivity contribution is -0.157. The smallest absolute Gasteiger partial charge is 0.470 e. The van der Waals surface area contributed by atoms with E-state index in [9.17, 15) is 18.0 Å². The van der Waals surface area contributed by atoms with Gasteiger partial charge in [0.25, 0.3) is 0 Å². The van der Waals surface area contributed by atoms with E-state index >= 15 is 0 Å². The van der Waals surface area contributed by atoms with Gasteiger partial charge in [-0.05, 0) is 25.0 Å². The quantitative estimate of drug-likeness (QED) is 0.802. The van der Waals surface area contributed by atoms with E-state index in [0.717, 1.165) is 0 Å². The van der Waals surface area contributed by atoms with Crippen LogP contribution < -0.4 is 10.1 Å². The number of nitrogens with zero attached hydrogens (tertiary/aromatic N) is 3. The maximum absolute atomic E-state index is 12.6. The van der Waals surface area contributed by atoms with Gasteiger partial charge in [-0.25, -0.2) is 4.79 Å². The Bertz CT molecular complexity index is 751. The van der Waals surface area contributed by atoms with Crippen LogP contribution in [0.1, 0.15) is 30.5 Å². The number of urea groups is 1. The van der Waals surface area contributed by atoms with Crippen LogP contribution >= 0.6 is 0 Å². The largest absolute Gasteiger partial charge is 0.492 e. The van der Waals surface area contributed by atoms with Crippen molar-refractivity contribution in [3.63, 3.8) is 0 Å². The zero-order valence-electron chi connectivity index (χ0n) is 14.4. The average molecular weight is 384 g/mol. The number of piperidine rings is 1. The summed E-state index contributed by atoms with van der Waals surface area (Å²) in [6.07, 6.45) is -3.45. The average Bonchev–Trinajstić information content (AvgIpc) is 3.17. The van der Waals surface area contributed by atoms with Gasteiger partial charge < -0.3 is 19.4 Å². The minimum absolute atomic E-state index is 0.0905. The molecule has 1 N–H and O–H groups in total. The van der Waals surface area contributed by atoms with E-state index in [2.05, 4.69) is 15.5 Å². The number of hydrogen-bond acceptors (Lipinski definition) is 5. The molecule has 0 radical (unpaired) electrons.